The first kappa shape index (κ1) is 31.7. The number of carbonyl (C=O) groups excluding carboxylic acids is 2. The summed E-state index contributed by atoms with van der Waals surface area (Å²) in [5.74, 6) is 0.169. The zero-order chi connectivity index (χ0) is 30.3. The lowest BCUT2D eigenvalue weighted by molar-refractivity contribution is -0.123. The molecule has 43 heavy (non-hydrogen) atoms. The van der Waals surface area contributed by atoms with Crippen molar-refractivity contribution in [3.8, 4) is 0 Å². The summed E-state index contributed by atoms with van der Waals surface area (Å²) in [6.45, 7) is 4.50. The second-order valence-corrected chi connectivity index (χ2v) is 12.7. The molecule has 1 aromatic heterocycles. The average molecular weight is 646 g/mol. The highest BCUT2D eigenvalue weighted by Crippen LogP contribution is 2.30. The highest BCUT2D eigenvalue weighted by atomic mass is 35.5. The lowest BCUT2D eigenvalue weighted by atomic mass is 9.90. The molecule has 2 aromatic carbocycles. The van der Waals surface area contributed by atoms with E-state index < -0.39 is 0 Å². The van der Waals surface area contributed by atoms with Crippen molar-refractivity contribution in [3.63, 3.8) is 0 Å². The number of halogens is 4. The van der Waals surface area contributed by atoms with E-state index in [0.29, 0.717) is 59.2 Å². The van der Waals surface area contributed by atoms with Gasteiger partial charge in [0.15, 0.2) is 0 Å². The molecule has 0 N–H and O–H groups in total. The van der Waals surface area contributed by atoms with Crippen LogP contribution in [-0.4, -0.2) is 65.9 Å². The van der Waals surface area contributed by atoms with E-state index in [1.807, 2.05) is 23.1 Å². The molecule has 0 saturated carbocycles. The van der Waals surface area contributed by atoms with Gasteiger partial charge in [-0.25, -0.2) is 9.37 Å². The van der Waals surface area contributed by atoms with E-state index in [1.165, 1.54) is 23.9 Å². The SMILES string of the molecule is O=C(c1ccc(Cl)nc1)N1CCC(C(=O)N(CCCN2CCC(Cc3ccc(F)cc3)CC2)c2ccc(Cl)c(Cl)c2)CC1. The number of carbonyl (C=O) groups is 2. The van der Waals surface area contributed by atoms with Crippen LogP contribution in [0.25, 0.3) is 0 Å². The third-order valence-electron chi connectivity index (χ3n) is 8.59. The zero-order valence-corrected chi connectivity index (χ0v) is 26.3. The standard InChI is InChI=1S/C33H36Cl3FN4O2/c34-29-8-7-28(21-30(29)35)41(15-1-14-39-16-10-24(11-17-39)20-23-2-5-27(37)6-3-23)33(43)25-12-18-40(19-13-25)32(42)26-4-9-31(36)38-22-26/h2-9,21-22,24-25H,1,10-20H2. The molecule has 0 unspecified atom stereocenters. The van der Waals surface area contributed by atoms with E-state index in [2.05, 4.69) is 9.88 Å². The van der Waals surface area contributed by atoms with Crippen LogP contribution in [0.5, 0.6) is 0 Å². The van der Waals surface area contributed by atoms with Crippen LogP contribution in [0.1, 0.15) is 48.0 Å². The summed E-state index contributed by atoms with van der Waals surface area (Å²) in [6.07, 6.45) is 6.69. The zero-order valence-electron chi connectivity index (χ0n) is 24.0. The van der Waals surface area contributed by atoms with Crippen LogP contribution < -0.4 is 4.90 Å². The van der Waals surface area contributed by atoms with Crippen LogP contribution in [0.15, 0.2) is 60.8 Å². The maximum Gasteiger partial charge on any atom is 0.255 e. The molecule has 2 amide bonds. The van der Waals surface area contributed by atoms with Crippen molar-refractivity contribution in [1.29, 1.82) is 0 Å². The molecule has 2 fully saturated rings. The van der Waals surface area contributed by atoms with Crippen LogP contribution >= 0.6 is 34.8 Å². The largest absolute Gasteiger partial charge is 0.339 e. The number of rotatable bonds is 9. The van der Waals surface area contributed by atoms with Gasteiger partial charge in [0.25, 0.3) is 5.91 Å². The van der Waals surface area contributed by atoms with Gasteiger partial charge >= 0.3 is 0 Å². The van der Waals surface area contributed by atoms with Gasteiger partial charge in [0, 0.05) is 37.4 Å². The maximum absolute atomic E-state index is 13.9. The number of nitrogens with zero attached hydrogens (tertiary/aromatic N) is 4. The van der Waals surface area contributed by atoms with Crippen LogP contribution in [0, 0.1) is 17.7 Å². The highest BCUT2D eigenvalue weighted by Gasteiger charge is 2.31. The Bertz CT molecular complexity index is 1390. The monoisotopic (exact) mass is 644 g/mol. The molecule has 3 aromatic rings. The molecule has 0 bridgehead atoms. The lowest BCUT2D eigenvalue weighted by Gasteiger charge is -2.35. The molecule has 2 saturated heterocycles. The molecule has 0 radical (unpaired) electrons. The molecule has 0 spiro atoms. The third-order valence-corrected chi connectivity index (χ3v) is 9.55. The van der Waals surface area contributed by atoms with Crippen molar-refractivity contribution in [3.05, 3.63) is 92.9 Å². The minimum Gasteiger partial charge on any atom is -0.339 e. The number of likely N-dealkylation sites (tertiary alicyclic amines) is 2. The minimum atomic E-state index is -0.195. The Morgan fingerprint density at radius 1 is 0.884 bits per heavy atom. The molecule has 2 aliphatic rings. The van der Waals surface area contributed by atoms with Gasteiger partial charge in [-0.3, -0.25) is 9.59 Å². The maximum atomic E-state index is 13.9. The second-order valence-electron chi connectivity index (χ2n) is 11.5. The Labute approximate surface area is 267 Å². The van der Waals surface area contributed by atoms with Gasteiger partial charge in [0.1, 0.15) is 11.0 Å². The number of hydrogen-bond acceptors (Lipinski definition) is 4. The predicted octanol–water partition coefficient (Wildman–Crippen LogP) is 7.41. The van der Waals surface area contributed by atoms with Crippen molar-refractivity contribution < 1.29 is 14.0 Å². The molecular formula is C33H36Cl3FN4O2. The summed E-state index contributed by atoms with van der Waals surface area (Å²) in [5, 5.41) is 1.21. The van der Waals surface area contributed by atoms with Gasteiger partial charge in [-0.2, -0.15) is 0 Å². The molecule has 2 aliphatic heterocycles. The Balaban J connectivity index is 1.15. The first-order valence-electron chi connectivity index (χ1n) is 14.9. The fourth-order valence-electron chi connectivity index (χ4n) is 6.07. The Hall–Kier alpha value is -2.71. The molecule has 0 atom stereocenters. The third kappa shape index (κ3) is 8.48. The van der Waals surface area contributed by atoms with E-state index in [0.717, 1.165) is 51.0 Å². The Kier molecular flexibility index (Phi) is 10.9. The van der Waals surface area contributed by atoms with E-state index in [1.54, 1.807) is 29.2 Å². The Morgan fingerprint density at radius 3 is 2.26 bits per heavy atom. The van der Waals surface area contributed by atoms with Crippen molar-refractivity contribution in [1.82, 2.24) is 14.8 Å². The van der Waals surface area contributed by atoms with Crippen LogP contribution in [0.4, 0.5) is 10.1 Å². The summed E-state index contributed by atoms with van der Waals surface area (Å²) in [4.78, 5) is 36.9. The van der Waals surface area contributed by atoms with Gasteiger partial charge in [-0.15, -0.1) is 0 Å². The second kappa shape index (κ2) is 14.8. The quantitative estimate of drug-likeness (QED) is 0.228. The number of aromatic nitrogens is 1. The van der Waals surface area contributed by atoms with Crippen molar-refractivity contribution in [2.45, 2.75) is 38.5 Å². The molecule has 10 heteroatoms. The van der Waals surface area contributed by atoms with Gasteiger partial charge in [0.2, 0.25) is 5.91 Å². The Morgan fingerprint density at radius 2 is 1.60 bits per heavy atom. The normalized spacial score (nSPS) is 16.8. The summed E-state index contributed by atoms with van der Waals surface area (Å²) in [6, 6.07) is 15.5. The van der Waals surface area contributed by atoms with E-state index in [-0.39, 0.29) is 23.5 Å². The summed E-state index contributed by atoms with van der Waals surface area (Å²) in [5.41, 5.74) is 2.42. The van der Waals surface area contributed by atoms with Crippen LogP contribution in [0.2, 0.25) is 15.2 Å². The van der Waals surface area contributed by atoms with E-state index >= 15 is 0 Å². The summed E-state index contributed by atoms with van der Waals surface area (Å²) >= 11 is 18.4. The first-order chi connectivity index (χ1) is 20.8. The first-order valence-corrected chi connectivity index (χ1v) is 16.0. The minimum absolute atomic E-state index is 0.0525. The van der Waals surface area contributed by atoms with Crippen molar-refractivity contribution in [2.75, 3.05) is 44.2 Å². The molecule has 0 aliphatic carbocycles. The fourth-order valence-corrected chi connectivity index (χ4v) is 6.48. The van der Waals surface area contributed by atoms with E-state index in [4.69, 9.17) is 34.8 Å². The molecule has 3 heterocycles. The van der Waals surface area contributed by atoms with Gasteiger partial charge in [-0.1, -0.05) is 46.9 Å². The number of amides is 2. The molecule has 5 rings (SSSR count). The van der Waals surface area contributed by atoms with E-state index in [9.17, 15) is 14.0 Å². The number of piperidine rings is 2. The van der Waals surface area contributed by atoms with Gasteiger partial charge < -0.3 is 14.7 Å². The summed E-state index contributed by atoms with van der Waals surface area (Å²) in [7, 11) is 0. The molecule has 228 valence electrons. The summed E-state index contributed by atoms with van der Waals surface area (Å²) < 4.78 is 13.2. The average Bonchev–Trinajstić information content (AvgIpc) is 3.02. The molecular weight excluding hydrogens is 610 g/mol. The highest BCUT2D eigenvalue weighted by molar-refractivity contribution is 6.42. The van der Waals surface area contributed by atoms with Crippen LogP contribution in [0.3, 0.4) is 0 Å². The number of benzene rings is 2. The van der Waals surface area contributed by atoms with Crippen molar-refractivity contribution in [2.24, 2.45) is 11.8 Å². The topological polar surface area (TPSA) is 56.8 Å². The van der Waals surface area contributed by atoms with Gasteiger partial charge in [0.05, 0.1) is 15.6 Å². The lowest BCUT2D eigenvalue weighted by Crippen LogP contribution is -2.45. The molecule has 6 nitrogen and oxygen atoms in total. The smallest absolute Gasteiger partial charge is 0.255 e. The fraction of sp³-hybridized carbons (Fsp3) is 0.424. The number of pyridine rings is 1. The van der Waals surface area contributed by atoms with Gasteiger partial charge in [-0.05, 0) is 112 Å². The number of hydrogen-bond donors (Lipinski definition) is 0. The predicted molar refractivity (Wildman–Crippen MR) is 171 cm³/mol. The number of anilines is 1. The van der Waals surface area contributed by atoms with Crippen LogP contribution in [-0.2, 0) is 11.2 Å². The van der Waals surface area contributed by atoms with Crippen molar-refractivity contribution >= 4 is 52.3 Å².